The highest BCUT2D eigenvalue weighted by molar-refractivity contribution is 6.03. The molecule has 70 valence electrons. The van der Waals surface area contributed by atoms with Crippen LogP contribution in [0.25, 0.3) is 0 Å². The van der Waals surface area contributed by atoms with Crippen molar-refractivity contribution in [3.8, 4) is 0 Å². The first-order valence-electron chi connectivity index (χ1n) is 3.97. The Balaban J connectivity index is 4.25. The number of carbonyl (C=O) groups is 2. The molecule has 0 bridgehead atoms. The summed E-state index contributed by atoms with van der Waals surface area (Å²) in [6, 6.07) is 0. The fourth-order valence-corrected chi connectivity index (χ4v) is 0.869. The van der Waals surface area contributed by atoms with Crippen LogP contribution in [0.3, 0.4) is 0 Å². The van der Waals surface area contributed by atoms with Crippen LogP contribution in [0.5, 0.6) is 0 Å². The normalized spacial score (nSPS) is 12.3. The maximum atomic E-state index is 12.8. The first kappa shape index (κ1) is 11.1. The first-order valence-corrected chi connectivity index (χ1v) is 3.97. The molecule has 0 aliphatic carbocycles. The Morgan fingerprint density at radius 1 is 1.33 bits per heavy atom. The fraction of sp³-hybridized carbons (Fsp3) is 0.750. The molecule has 0 rings (SSSR count). The van der Waals surface area contributed by atoms with E-state index in [0.29, 0.717) is 13.1 Å². The van der Waals surface area contributed by atoms with Gasteiger partial charge in [0.25, 0.3) is 5.91 Å². The predicted octanol–water partition coefficient (Wildman–Crippen LogP) is 0.782. The van der Waals surface area contributed by atoms with Crippen LogP contribution in [-0.2, 0) is 9.59 Å². The summed E-state index contributed by atoms with van der Waals surface area (Å²) in [6.07, 6.45) is -1.98. The molecule has 0 saturated heterocycles. The molecule has 0 fully saturated rings. The zero-order valence-electron chi connectivity index (χ0n) is 7.63. The van der Waals surface area contributed by atoms with Gasteiger partial charge in [0, 0.05) is 13.1 Å². The number of Topliss-reactive ketones (excluding diaryl/α,β-unsaturated/α-hetero) is 1. The van der Waals surface area contributed by atoms with Gasteiger partial charge >= 0.3 is 0 Å². The Bertz CT molecular complexity index is 178. The Labute approximate surface area is 71.5 Å². The molecule has 0 N–H and O–H groups in total. The smallest absolute Gasteiger partial charge is 0.264 e. The van der Waals surface area contributed by atoms with Crippen molar-refractivity contribution in [1.82, 2.24) is 4.90 Å². The topological polar surface area (TPSA) is 37.4 Å². The second-order valence-electron chi connectivity index (χ2n) is 2.48. The minimum absolute atomic E-state index is 0.434. The SMILES string of the molecule is CCN(CC)C(=O)[C@@H](F)C(C)=O. The van der Waals surface area contributed by atoms with Gasteiger partial charge in [-0.2, -0.15) is 0 Å². The number of hydrogen-bond acceptors (Lipinski definition) is 2. The molecule has 0 heterocycles. The molecule has 1 amide bonds. The highest BCUT2D eigenvalue weighted by Gasteiger charge is 2.25. The van der Waals surface area contributed by atoms with Crippen molar-refractivity contribution in [2.45, 2.75) is 26.9 Å². The number of nitrogens with zero attached hydrogens (tertiary/aromatic N) is 1. The van der Waals surface area contributed by atoms with Gasteiger partial charge in [-0.05, 0) is 20.8 Å². The summed E-state index contributed by atoms with van der Waals surface area (Å²) in [6.45, 7) is 5.43. The van der Waals surface area contributed by atoms with Gasteiger partial charge in [-0.15, -0.1) is 0 Å². The Morgan fingerprint density at radius 3 is 2.00 bits per heavy atom. The maximum Gasteiger partial charge on any atom is 0.264 e. The van der Waals surface area contributed by atoms with E-state index >= 15 is 0 Å². The third-order valence-corrected chi connectivity index (χ3v) is 1.65. The van der Waals surface area contributed by atoms with Crippen molar-refractivity contribution < 1.29 is 14.0 Å². The Kier molecular flexibility index (Phi) is 4.47. The van der Waals surface area contributed by atoms with Crippen LogP contribution >= 0.6 is 0 Å². The molecule has 1 atom stereocenters. The minimum atomic E-state index is -1.98. The number of amides is 1. The zero-order chi connectivity index (χ0) is 9.72. The summed E-state index contributed by atoms with van der Waals surface area (Å²) >= 11 is 0. The van der Waals surface area contributed by atoms with Crippen LogP contribution in [0, 0.1) is 0 Å². The van der Waals surface area contributed by atoms with Crippen molar-refractivity contribution in [3.05, 3.63) is 0 Å². The van der Waals surface area contributed by atoms with Gasteiger partial charge in [0.1, 0.15) is 0 Å². The van der Waals surface area contributed by atoms with E-state index in [0.717, 1.165) is 6.92 Å². The van der Waals surface area contributed by atoms with Crippen molar-refractivity contribution in [2.75, 3.05) is 13.1 Å². The summed E-state index contributed by atoms with van der Waals surface area (Å²) < 4.78 is 12.8. The molecular weight excluding hydrogens is 161 g/mol. The molecule has 0 saturated carbocycles. The number of alkyl halides is 1. The standard InChI is InChI=1S/C8H14FNO2/c1-4-10(5-2)8(12)7(9)6(3)11/h7H,4-5H2,1-3H3/t7-/m0/s1. The molecule has 12 heavy (non-hydrogen) atoms. The molecule has 0 radical (unpaired) electrons. The molecule has 4 heteroatoms. The lowest BCUT2D eigenvalue weighted by Crippen LogP contribution is -2.39. The maximum absolute atomic E-state index is 12.8. The van der Waals surface area contributed by atoms with E-state index in [1.54, 1.807) is 13.8 Å². The highest BCUT2D eigenvalue weighted by Crippen LogP contribution is 2.00. The summed E-state index contributed by atoms with van der Waals surface area (Å²) in [4.78, 5) is 22.9. The van der Waals surface area contributed by atoms with Crippen LogP contribution < -0.4 is 0 Å². The number of halogens is 1. The van der Waals surface area contributed by atoms with E-state index in [9.17, 15) is 14.0 Å². The average Bonchev–Trinajstić information content (AvgIpc) is 2.05. The lowest BCUT2D eigenvalue weighted by molar-refractivity contribution is -0.141. The van der Waals surface area contributed by atoms with Crippen molar-refractivity contribution in [2.24, 2.45) is 0 Å². The third-order valence-electron chi connectivity index (χ3n) is 1.65. The lowest BCUT2D eigenvalue weighted by Gasteiger charge is -2.19. The van der Waals surface area contributed by atoms with Crippen molar-refractivity contribution in [1.29, 1.82) is 0 Å². The van der Waals surface area contributed by atoms with E-state index in [-0.39, 0.29) is 0 Å². The zero-order valence-corrected chi connectivity index (χ0v) is 7.63. The van der Waals surface area contributed by atoms with Gasteiger partial charge in [-0.25, -0.2) is 4.39 Å². The minimum Gasteiger partial charge on any atom is -0.340 e. The number of ketones is 1. The van der Waals surface area contributed by atoms with Crippen LogP contribution in [0.2, 0.25) is 0 Å². The van der Waals surface area contributed by atoms with Gasteiger partial charge in [-0.1, -0.05) is 0 Å². The number of carbonyl (C=O) groups excluding carboxylic acids is 2. The van der Waals surface area contributed by atoms with Gasteiger partial charge < -0.3 is 4.90 Å². The molecule has 3 nitrogen and oxygen atoms in total. The van der Waals surface area contributed by atoms with E-state index < -0.39 is 17.9 Å². The van der Waals surface area contributed by atoms with Crippen LogP contribution in [0.4, 0.5) is 4.39 Å². The first-order chi connectivity index (χ1) is 5.54. The van der Waals surface area contributed by atoms with Gasteiger partial charge in [0.05, 0.1) is 0 Å². The highest BCUT2D eigenvalue weighted by atomic mass is 19.1. The molecule has 0 aromatic carbocycles. The Morgan fingerprint density at radius 2 is 1.75 bits per heavy atom. The van der Waals surface area contributed by atoms with E-state index in [2.05, 4.69) is 0 Å². The lowest BCUT2D eigenvalue weighted by atomic mass is 10.2. The third kappa shape index (κ3) is 2.60. The van der Waals surface area contributed by atoms with Crippen LogP contribution in [0.1, 0.15) is 20.8 Å². The van der Waals surface area contributed by atoms with E-state index in [1.165, 1.54) is 4.90 Å². The molecular formula is C8H14FNO2. The molecule has 0 aliphatic rings. The second kappa shape index (κ2) is 4.85. The Hall–Kier alpha value is -0.930. The van der Waals surface area contributed by atoms with Crippen molar-refractivity contribution >= 4 is 11.7 Å². The number of hydrogen-bond donors (Lipinski definition) is 0. The largest absolute Gasteiger partial charge is 0.340 e. The molecule has 0 aliphatic heterocycles. The second-order valence-corrected chi connectivity index (χ2v) is 2.48. The number of rotatable bonds is 4. The van der Waals surface area contributed by atoms with Crippen LogP contribution in [0.15, 0.2) is 0 Å². The van der Waals surface area contributed by atoms with Crippen LogP contribution in [-0.4, -0.2) is 35.9 Å². The van der Waals surface area contributed by atoms with Crippen molar-refractivity contribution in [3.63, 3.8) is 0 Å². The fourth-order valence-electron chi connectivity index (χ4n) is 0.869. The molecule has 0 aromatic heterocycles. The summed E-state index contributed by atoms with van der Waals surface area (Å²) in [5.74, 6) is -1.46. The predicted molar refractivity (Wildman–Crippen MR) is 43.5 cm³/mol. The molecule has 0 spiro atoms. The molecule has 0 aromatic rings. The summed E-state index contributed by atoms with van der Waals surface area (Å²) in [5, 5.41) is 0. The van der Waals surface area contributed by atoms with Gasteiger partial charge in [0.2, 0.25) is 6.17 Å². The average molecular weight is 175 g/mol. The van der Waals surface area contributed by atoms with E-state index in [1.807, 2.05) is 0 Å². The van der Waals surface area contributed by atoms with Gasteiger partial charge in [0.15, 0.2) is 5.78 Å². The summed E-state index contributed by atoms with van der Waals surface area (Å²) in [5.41, 5.74) is 0. The van der Waals surface area contributed by atoms with E-state index in [4.69, 9.17) is 0 Å². The monoisotopic (exact) mass is 175 g/mol. The quantitative estimate of drug-likeness (QED) is 0.592. The molecule has 0 unspecified atom stereocenters. The van der Waals surface area contributed by atoms with Gasteiger partial charge in [-0.3, -0.25) is 9.59 Å². The summed E-state index contributed by atoms with van der Waals surface area (Å²) in [7, 11) is 0.